The molecule has 0 unspecified atom stereocenters. The molecule has 0 spiro atoms. The summed E-state index contributed by atoms with van der Waals surface area (Å²) in [7, 11) is 1.64. The van der Waals surface area contributed by atoms with Crippen molar-refractivity contribution in [1.29, 1.82) is 0 Å². The highest BCUT2D eigenvalue weighted by molar-refractivity contribution is 6.36. The van der Waals surface area contributed by atoms with E-state index in [1.807, 2.05) is 24.4 Å². The number of benzene rings is 1. The molecule has 0 aliphatic heterocycles. The van der Waals surface area contributed by atoms with Crippen LogP contribution in [0.3, 0.4) is 0 Å². The van der Waals surface area contributed by atoms with Gasteiger partial charge in [0.05, 0.1) is 17.6 Å². The van der Waals surface area contributed by atoms with Crippen LogP contribution >= 0.6 is 11.6 Å². The average Bonchev–Trinajstić information content (AvgIpc) is 2.29. The van der Waals surface area contributed by atoms with Crippen LogP contribution in [0.5, 0.6) is 5.75 Å². The molecule has 0 radical (unpaired) electrons. The first-order chi connectivity index (χ1) is 7.26. The lowest BCUT2D eigenvalue weighted by Crippen LogP contribution is -1.89. The predicted octanol–water partition coefficient (Wildman–Crippen LogP) is 3.46. The SMILES string of the molecule is CCc1cnc2cc(OC)ccc2c1Cl. The predicted molar refractivity (Wildman–Crippen MR) is 62.7 cm³/mol. The van der Waals surface area contributed by atoms with Gasteiger partial charge in [0.2, 0.25) is 0 Å². The first kappa shape index (κ1) is 10.2. The van der Waals surface area contributed by atoms with Gasteiger partial charge in [-0.2, -0.15) is 0 Å². The number of aromatic nitrogens is 1. The highest BCUT2D eigenvalue weighted by Gasteiger charge is 2.05. The second kappa shape index (κ2) is 4.07. The Bertz CT molecular complexity index is 496. The van der Waals surface area contributed by atoms with Crippen molar-refractivity contribution in [2.24, 2.45) is 0 Å². The summed E-state index contributed by atoms with van der Waals surface area (Å²) in [5.74, 6) is 0.801. The molecule has 0 saturated heterocycles. The lowest BCUT2D eigenvalue weighted by molar-refractivity contribution is 0.415. The molecular weight excluding hydrogens is 210 g/mol. The molecule has 0 atom stereocenters. The molecule has 0 saturated carbocycles. The zero-order valence-electron chi connectivity index (χ0n) is 8.75. The summed E-state index contributed by atoms with van der Waals surface area (Å²) < 4.78 is 5.14. The summed E-state index contributed by atoms with van der Waals surface area (Å²) in [5.41, 5.74) is 1.95. The van der Waals surface area contributed by atoms with Crippen molar-refractivity contribution >= 4 is 22.5 Å². The number of hydrogen-bond acceptors (Lipinski definition) is 2. The summed E-state index contributed by atoms with van der Waals surface area (Å²) in [4.78, 5) is 4.36. The highest BCUT2D eigenvalue weighted by atomic mass is 35.5. The molecule has 2 rings (SSSR count). The molecule has 0 fully saturated rings. The number of hydrogen-bond donors (Lipinski definition) is 0. The molecule has 0 bridgehead atoms. The summed E-state index contributed by atoms with van der Waals surface area (Å²) >= 11 is 6.26. The van der Waals surface area contributed by atoms with Gasteiger partial charge in [-0.25, -0.2) is 0 Å². The monoisotopic (exact) mass is 221 g/mol. The third kappa shape index (κ3) is 1.77. The molecule has 1 heterocycles. The number of methoxy groups -OCH3 is 1. The Kier molecular flexibility index (Phi) is 2.78. The number of halogens is 1. The molecule has 0 amide bonds. The van der Waals surface area contributed by atoms with Gasteiger partial charge in [-0.3, -0.25) is 4.98 Å². The van der Waals surface area contributed by atoms with Crippen molar-refractivity contribution in [2.75, 3.05) is 7.11 Å². The van der Waals surface area contributed by atoms with E-state index < -0.39 is 0 Å². The second-order valence-electron chi connectivity index (χ2n) is 3.33. The fourth-order valence-corrected chi connectivity index (χ4v) is 1.90. The van der Waals surface area contributed by atoms with Gasteiger partial charge in [0.1, 0.15) is 5.75 Å². The molecule has 0 aliphatic rings. The van der Waals surface area contributed by atoms with Crippen molar-refractivity contribution in [3.05, 3.63) is 35.0 Å². The number of rotatable bonds is 2. The van der Waals surface area contributed by atoms with Gasteiger partial charge < -0.3 is 4.74 Å². The fourth-order valence-electron chi connectivity index (χ4n) is 1.55. The lowest BCUT2D eigenvalue weighted by atomic mass is 10.1. The molecule has 0 N–H and O–H groups in total. The van der Waals surface area contributed by atoms with Crippen LogP contribution in [0.2, 0.25) is 5.02 Å². The average molecular weight is 222 g/mol. The van der Waals surface area contributed by atoms with Crippen LogP contribution in [0.25, 0.3) is 10.9 Å². The van der Waals surface area contributed by atoms with Crippen molar-refractivity contribution in [2.45, 2.75) is 13.3 Å². The fraction of sp³-hybridized carbons (Fsp3) is 0.250. The molecule has 3 heteroatoms. The molecule has 2 aromatic rings. The maximum atomic E-state index is 6.26. The number of nitrogens with zero attached hydrogens (tertiary/aromatic N) is 1. The van der Waals surface area contributed by atoms with Crippen LogP contribution in [0.4, 0.5) is 0 Å². The van der Waals surface area contributed by atoms with Crippen LogP contribution in [0.1, 0.15) is 12.5 Å². The minimum Gasteiger partial charge on any atom is -0.497 e. The van der Waals surface area contributed by atoms with E-state index >= 15 is 0 Å². The highest BCUT2D eigenvalue weighted by Crippen LogP contribution is 2.28. The molecule has 2 nitrogen and oxygen atoms in total. The van der Waals surface area contributed by atoms with Gasteiger partial charge in [0, 0.05) is 17.6 Å². The van der Waals surface area contributed by atoms with Crippen LogP contribution < -0.4 is 4.74 Å². The van der Waals surface area contributed by atoms with E-state index in [1.165, 1.54) is 0 Å². The standard InChI is InChI=1S/C12H12ClNO/c1-3-8-7-14-11-6-9(15-2)4-5-10(11)12(8)13/h4-7H,3H2,1-2H3. The zero-order valence-corrected chi connectivity index (χ0v) is 9.51. The second-order valence-corrected chi connectivity index (χ2v) is 3.71. The molecule has 15 heavy (non-hydrogen) atoms. The van der Waals surface area contributed by atoms with E-state index in [2.05, 4.69) is 11.9 Å². The number of ether oxygens (including phenoxy) is 1. The topological polar surface area (TPSA) is 22.1 Å². The Balaban J connectivity index is 2.68. The third-order valence-corrected chi connectivity index (χ3v) is 2.91. The molecule has 0 aliphatic carbocycles. The molecular formula is C12H12ClNO. The minimum atomic E-state index is 0.796. The number of pyridine rings is 1. The summed E-state index contributed by atoms with van der Waals surface area (Å²) in [6.45, 7) is 2.07. The quantitative estimate of drug-likeness (QED) is 0.775. The van der Waals surface area contributed by atoms with Gasteiger partial charge in [-0.15, -0.1) is 0 Å². The van der Waals surface area contributed by atoms with E-state index in [0.717, 1.165) is 33.7 Å². The molecule has 1 aromatic heterocycles. The van der Waals surface area contributed by atoms with E-state index in [4.69, 9.17) is 16.3 Å². The van der Waals surface area contributed by atoms with E-state index in [1.54, 1.807) is 7.11 Å². The van der Waals surface area contributed by atoms with Crippen LogP contribution in [0.15, 0.2) is 24.4 Å². The maximum Gasteiger partial charge on any atom is 0.121 e. The Hall–Kier alpha value is -1.28. The van der Waals surface area contributed by atoms with Gasteiger partial charge in [0.15, 0.2) is 0 Å². The normalized spacial score (nSPS) is 10.6. The van der Waals surface area contributed by atoms with Crippen LogP contribution in [-0.4, -0.2) is 12.1 Å². The van der Waals surface area contributed by atoms with Gasteiger partial charge in [-0.05, 0) is 24.1 Å². The van der Waals surface area contributed by atoms with Crippen LogP contribution in [-0.2, 0) is 6.42 Å². The third-order valence-electron chi connectivity index (χ3n) is 2.46. The first-order valence-corrected chi connectivity index (χ1v) is 5.25. The smallest absolute Gasteiger partial charge is 0.121 e. The van der Waals surface area contributed by atoms with Gasteiger partial charge >= 0.3 is 0 Å². The largest absolute Gasteiger partial charge is 0.497 e. The summed E-state index contributed by atoms with van der Waals surface area (Å²) in [6.07, 6.45) is 2.72. The van der Waals surface area contributed by atoms with E-state index in [-0.39, 0.29) is 0 Å². The van der Waals surface area contributed by atoms with Crippen molar-refractivity contribution < 1.29 is 4.74 Å². The number of fused-ring (bicyclic) bond motifs is 1. The van der Waals surface area contributed by atoms with Crippen molar-refractivity contribution in [1.82, 2.24) is 4.98 Å². The maximum absolute atomic E-state index is 6.26. The van der Waals surface area contributed by atoms with Crippen molar-refractivity contribution in [3.8, 4) is 5.75 Å². The number of aryl methyl sites for hydroxylation is 1. The molecule has 1 aromatic carbocycles. The van der Waals surface area contributed by atoms with Crippen molar-refractivity contribution in [3.63, 3.8) is 0 Å². The van der Waals surface area contributed by atoms with Gasteiger partial charge in [-0.1, -0.05) is 18.5 Å². The Morgan fingerprint density at radius 2 is 2.20 bits per heavy atom. The van der Waals surface area contributed by atoms with E-state index in [0.29, 0.717) is 0 Å². The Morgan fingerprint density at radius 1 is 1.40 bits per heavy atom. The van der Waals surface area contributed by atoms with Crippen LogP contribution in [0, 0.1) is 0 Å². The Morgan fingerprint density at radius 3 is 2.87 bits per heavy atom. The zero-order chi connectivity index (χ0) is 10.8. The summed E-state index contributed by atoms with van der Waals surface area (Å²) in [5, 5.41) is 1.78. The van der Waals surface area contributed by atoms with Gasteiger partial charge in [0.25, 0.3) is 0 Å². The minimum absolute atomic E-state index is 0.796. The lowest BCUT2D eigenvalue weighted by Gasteiger charge is -2.06. The summed E-state index contributed by atoms with van der Waals surface area (Å²) in [6, 6.07) is 5.73. The Labute approximate surface area is 93.8 Å². The van der Waals surface area contributed by atoms with E-state index in [9.17, 15) is 0 Å². The molecule has 78 valence electrons. The first-order valence-electron chi connectivity index (χ1n) is 4.87.